The number of nitrogens with one attached hydrogen (secondary N) is 1. The van der Waals surface area contributed by atoms with Crippen molar-refractivity contribution in [2.24, 2.45) is 11.1 Å². The van der Waals surface area contributed by atoms with E-state index in [1.54, 1.807) is 6.20 Å². The quantitative estimate of drug-likeness (QED) is 0.846. The van der Waals surface area contributed by atoms with Gasteiger partial charge < -0.3 is 11.1 Å². The minimum atomic E-state index is -0.455. The molecule has 0 saturated carbocycles. The summed E-state index contributed by atoms with van der Waals surface area (Å²) in [4.78, 5) is 16.6. The van der Waals surface area contributed by atoms with Crippen LogP contribution in [0.1, 0.15) is 45.3 Å². The second-order valence-electron chi connectivity index (χ2n) is 4.64. The number of carbonyl (C=O) groups is 1. The molecule has 1 aromatic rings. The Hall–Kier alpha value is -0.840. The molecule has 0 aromatic carbocycles. The first-order valence-corrected chi connectivity index (χ1v) is 6.51. The van der Waals surface area contributed by atoms with Crippen LogP contribution in [0.5, 0.6) is 0 Å². The first-order valence-electron chi connectivity index (χ1n) is 6.51. The van der Waals surface area contributed by atoms with Gasteiger partial charge in [0.2, 0.25) is 5.91 Å². The molecule has 116 valence electrons. The largest absolute Gasteiger partial charge is 0.347 e. The average Bonchev–Trinajstić information content (AvgIpc) is 2.42. The van der Waals surface area contributed by atoms with E-state index < -0.39 is 5.41 Å². The number of hydrogen-bond acceptors (Lipinski definition) is 3. The minimum Gasteiger partial charge on any atom is -0.347 e. The summed E-state index contributed by atoms with van der Waals surface area (Å²) in [5.74, 6) is 0.0214. The van der Waals surface area contributed by atoms with Crippen molar-refractivity contribution in [2.45, 2.75) is 39.7 Å². The van der Waals surface area contributed by atoms with E-state index in [-0.39, 0.29) is 36.8 Å². The fourth-order valence-electron chi connectivity index (χ4n) is 2.01. The molecule has 0 aliphatic heterocycles. The van der Waals surface area contributed by atoms with Gasteiger partial charge in [-0.25, -0.2) is 0 Å². The third kappa shape index (κ3) is 4.93. The van der Waals surface area contributed by atoms with Gasteiger partial charge in [0, 0.05) is 12.7 Å². The zero-order valence-electron chi connectivity index (χ0n) is 12.3. The van der Waals surface area contributed by atoms with Crippen LogP contribution in [-0.2, 0) is 4.79 Å². The average molecular weight is 322 g/mol. The maximum absolute atomic E-state index is 12.3. The number of pyridine rings is 1. The second kappa shape index (κ2) is 9.97. The van der Waals surface area contributed by atoms with Gasteiger partial charge in [0.05, 0.1) is 17.2 Å². The van der Waals surface area contributed by atoms with E-state index in [2.05, 4.69) is 10.3 Å². The molecule has 0 aliphatic rings. The summed E-state index contributed by atoms with van der Waals surface area (Å²) in [6, 6.07) is 5.59. The number of halogens is 2. The smallest absolute Gasteiger partial charge is 0.227 e. The molecule has 0 aliphatic carbocycles. The van der Waals surface area contributed by atoms with Gasteiger partial charge in [0.15, 0.2) is 0 Å². The summed E-state index contributed by atoms with van der Waals surface area (Å²) in [6.07, 6.45) is 3.23. The Kier molecular flexibility index (Phi) is 10.7. The molecule has 0 radical (unpaired) electrons. The Balaban J connectivity index is 0. The molecule has 0 saturated heterocycles. The molecule has 1 atom stereocenters. The summed E-state index contributed by atoms with van der Waals surface area (Å²) in [6.45, 7) is 6.32. The molecule has 3 N–H and O–H groups in total. The van der Waals surface area contributed by atoms with Crippen LogP contribution in [0.4, 0.5) is 0 Å². The minimum absolute atomic E-state index is 0. The van der Waals surface area contributed by atoms with Crippen molar-refractivity contribution in [3.05, 3.63) is 30.1 Å². The van der Waals surface area contributed by atoms with Gasteiger partial charge in [-0.05, 0) is 31.9 Å². The predicted octanol–water partition coefficient (Wildman–Crippen LogP) is 2.87. The molecule has 4 nitrogen and oxygen atoms in total. The van der Waals surface area contributed by atoms with E-state index in [9.17, 15) is 4.79 Å². The van der Waals surface area contributed by atoms with E-state index in [0.717, 1.165) is 18.5 Å². The lowest BCUT2D eigenvalue weighted by Gasteiger charge is -2.30. The van der Waals surface area contributed by atoms with Gasteiger partial charge >= 0.3 is 0 Å². The van der Waals surface area contributed by atoms with Crippen molar-refractivity contribution >= 4 is 30.7 Å². The van der Waals surface area contributed by atoms with Crippen LogP contribution in [0.15, 0.2) is 24.4 Å². The van der Waals surface area contributed by atoms with Crippen LogP contribution in [0.3, 0.4) is 0 Å². The predicted molar refractivity (Wildman–Crippen MR) is 87.4 cm³/mol. The Morgan fingerprint density at radius 2 is 1.95 bits per heavy atom. The normalized spacial score (nSPS) is 11.8. The van der Waals surface area contributed by atoms with Crippen LogP contribution in [0.2, 0.25) is 0 Å². The van der Waals surface area contributed by atoms with Crippen molar-refractivity contribution in [1.29, 1.82) is 0 Å². The third-order valence-electron chi connectivity index (χ3n) is 3.70. The molecule has 1 rings (SSSR count). The number of nitrogens with zero attached hydrogens (tertiary/aromatic N) is 1. The van der Waals surface area contributed by atoms with E-state index in [1.165, 1.54) is 0 Å². The highest BCUT2D eigenvalue weighted by Crippen LogP contribution is 2.26. The fraction of sp³-hybridized carbons (Fsp3) is 0.571. The van der Waals surface area contributed by atoms with Gasteiger partial charge in [-0.15, -0.1) is 24.8 Å². The Morgan fingerprint density at radius 1 is 1.35 bits per heavy atom. The maximum atomic E-state index is 12.3. The highest BCUT2D eigenvalue weighted by atomic mass is 35.5. The van der Waals surface area contributed by atoms with Crippen LogP contribution in [0, 0.1) is 5.41 Å². The number of hydrogen-bond donors (Lipinski definition) is 2. The number of carbonyl (C=O) groups excluding carboxylic acids is 1. The van der Waals surface area contributed by atoms with Gasteiger partial charge in [-0.2, -0.15) is 0 Å². The van der Waals surface area contributed by atoms with E-state index in [0.29, 0.717) is 6.54 Å². The molecule has 6 heteroatoms. The number of aromatic nitrogens is 1. The lowest BCUT2D eigenvalue weighted by molar-refractivity contribution is -0.131. The van der Waals surface area contributed by atoms with Crippen LogP contribution in [-0.4, -0.2) is 17.4 Å². The van der Waals surface area contributed by atoms with Gasteiger partial charge in [0.1, 0.15) is 0 Å². The molecule has 0 bridgehead atoms. The van der Waals surface area contributed by atoms with Gasteiger partial charge in [-0.3, -0.25) is 9.78 Å². The molecule has 20 heavy (non-hydrogen) atoms. The van der Waals surface area contributed by atoms with Crippen molar-refractivity contribution in [1.82, 2.24) is 10.3 Å². The van der Waals surface area contributed by atoms with Crippen LogP contribution < -0.4 is 11.1 Å². The second-order valence-corrected chi connectivity index (χ2v) is 4.64. The fourth-order valence-corrected chi connectivity index (χ4v) is 2.01. The van der Waals surface area contributed by atoms with Crippen molar-refractivity contribution in [3.8, 4) is 0 Å². The lowest BCUT2D eigenvalue weighted by Crippen LogP contribution is -2.46. The highest BCUT2D eigenvalue weighted by molar-refractivity contribution is 5.85. The zero-order chi connectivity index (χ0) is 13.6. The van der Waals surface area contributed by atoms with Crippen LogP contribution in [0.25, 0.3) is 0 Å². The third-order valence-corrected chi connectivity index (χ3v) is 3.70. The number of rotatable bonds is 6. The lowest BCUT2D eigenvalue weighted by atomic mass is 9.81. The van der Waals surface area contributed by atoms with E-state index in [4.69, 9.17) is 5.73 Å². The summed E-state index contributed by atoms with van der Waals surface area (Å²) >= 11 is 0. The first-order chi connectivity index (χ1) is 8.59. The molecule has 0 spiro atoms. The topological polar surface area (TPSA) is 68.0 Å². The van der Waals surface area contributed by atoms with Gasteiger partial charge in [-0.1, -0.05) is 19.9 Å². The summed E-state index contributed by atoms with van der Waals surface area (Å²) in [5.41, 5.74) is 6.18. The van der Waals surface area contributed by atoms with Gasteiger partial charge in [0.25, 0.3) is 0 Å². The number of amides is 1. The molecular formula is C14H25Cl2N3O. The Morgan fingerprint density at radius 3 is 2.35 bits per heavy atom. The first kappa shape index (κ1) is 21.5. The summed E-state index contributed by atoms with van der Waals surface area (Å²) in [7, 11) is 0. The Labute approximate surface area is 133 Å². The van der Waals surface area contributed by atoms with Crippen molar-refractivity contribution in [3.63, 3.8) is 0 Å². The molecule has 1 unspecified atom stereocenters. The zero-order valence-corrected chi connectivity index (χ0v) is 13.9. The summed E-state index contributed by atoms with van der Waals surface area (Å²) in [5, 5.41) is 3.01. The molecule has 1 amide bonds. The Bertz CT molecular complexity index is 375. The molecule has 0 fully saturated rings. The number of nitrogens with two attached hydrogens (primary N) is 1. The van der Waals surface area contributed by atoms with E-state index >= 15 is 0 Å². The standard InChI is InChI=1S/C14H23N3O.2ClH/c1-4-14(5-2,10-15)13(18)17-11(3)12-8-6-7-9-16-12;;/h6-9,11H,4-5,10,15H2,1-3H3,(H,17,18);2*1H. The molecular weight excluding hydrogens is 297 g/mol. The van der Waals surface area contributed by atoms with E-state index in [1.807, 2.05) is 39.0 Å². The SMILES string of the molecule is CCC(CC)(CN)C(=O)NC(C)c1ccccn1.Cl.Cl. The molecule has 1 heterocycles. The highest BCUT2D eigenvalue weighted by Gasteiger charge is 2.34. The maximum Gasteiger partial charge on any atom is 0.227 e. The molecule has 1 aromatic heterocycles. The monoisotopic (exact) mass is 321 g/mol. The summed E-state index contributed by atoms with van der Waals surface area (Å²) < 4.78 is 0. The van der Waals surface area contributed by atoms with Crippen LogP contribution >= 0.6 is 24.8 Å². The van der Waals surface area contributed by atoms with Crippen molar-refractivity contribution in [2.75, 3.05) is 6.54 Å². The van der Waals surface area contributed by atoms with Crippen molar-refractivity contribution < 1.29 is 4.79 Å².